The maximum absolute atomic E-state index is 12.7. The molecule has 0 bridgehead atoms. The molecule has 2 aromatic rings. The van der Waals surface area contributed by atoms with Crippen LogP contribution in [0.1, 0.15) is 0 Å². The molecule has 0 N–H and O–H groups in total. The molecule has 1 fully saturated rings. The van der Waals surface area contributed by atoms with E-state index in [2.05, 4.69) is 4.90 Å². The second kappa shape index (κ2) is 8.63. The van der Waals surface area contributed by atoms with Crippen LogP contribution < -0.4 is 4.90 Å². The molecule has 1 heterocycles. The molecule has 1 saturated heterocycles. The van der Waals surface area contributed by atoms with Crippen molar-refractivity contribution < 1.29 is 26.6 Å². The molecule has 0 radical (unpaired) electrons. The Hall–Kier alpha value is -2.99. The van der Waals surface area contributed by atoms with Crippen molar-refractivity contribution >= 4 is 37.0 Å². The van der Waals surface area contributed by atoms with Crippen LogP contribution in [0.5, 0.6) is 0 Å². The largest absolute Gasteiger partial charge is 0.368 e. The van der Waals surface area contributed by atoms with E-state index in [1.165, 1.54) is 4.90 Å². The molecule has 1 amide bonds. The zero-order valence-corrected chi connectivity index (χ0v) is 18.3. The molecule has 1 aliphatic heterocycles. The number of piperazine rings is 1. The summed E-state index contributed by atoms with van der Waals surface area (Å²) in [6.07, 6.45) is 0.860. The SMILES string of the molecule is CS(=O)(=O)c1ccc(S(=O)(=O)CC(=O)N2CCN(c3ccccc3)CC2)c([N+](=O)[O-])c1. The van der Waals surface area contributed by atoms with Gasteiger partial charge in [0.2, 0.25) is 5.91 Å². The summed E-state index contributed by atoms with van der Waals surface area (Å²) in [5, 5.41) is 11.4. The predicted octanol–water partition coefficient (Wildman–Crippen LogP) is 1.12. The van der Waals surface area contributed by atoms with E-state index < -0.39 is 46.8 Å². The van der Waals surface area contributed by atoms with Crippen LogP contribution in [0.4, 0.5) is 11.4 Å². The third kappa shape index (κ3) is 5.20. The van der Waals surface area contributed by atoms with Gasteiger partial charge in [-0.1, -0.05) is 18.2 Å². The summed E-state index contributed by atoms with van der Waals surface area (Å²) in [5.41, 5.74) is 0.133. The molecule has 166 valence electrons. The van der Waals surface area contributed by atoms with E-state index in [0.717, 1.165) is 24.1 Å². The minimum atomic E-state index is -4.35. The Bertz CT molecular complexity index is 1200. The normalized spacial score (nSPS) is 15.0. The van der Waals surface area contributed by atoms with Gasteiger partial charge in [-0.25, -0.2) is 16.8 Å². The van der Waals surface area contributed by atoms with Crippen LogP contribution in [0, 0.1) is 10.1 Å². The van der Waals surface area contributed by atoms with Crippen molar-refractivity contribution in [3.05, 3.63) is 58.6 Å². The number of hydrogen-bond acceptors (Lipinski definition) is 8. The minimum Gasteiger partial charge on any atom is -0.368 e. The molecular weight excluding hydrogens is 446 g/mol. The first-order chi connectivity index (χ1) is 14.5. The second-order valence-electron chi connectivity index (χ2n) is 7.12. The van der Waals surface area contributed by atoms with Crippen LogP contribution in [-0.4, -0.2) is 70.8 Å². The van der Waals surface area contributed by atoms with Crippen molar-refractivity contribution in [2.24, 2.45) is 0 Å². The van der Waals surface area contributed by atoms with Crippen molar-refractivity contribution in [2.75, 3.05) is 43.1 Å². The van der Waals surface area contributed by atoms with E-state index in [4.69, 9.17) is 0 Å². The number of nitro benzene ring substituents is 1. The first-order valence-corrected chi connectivity index (χ1v) is 12.8. The summed E-state index contributed by atoms with van der Waals surface area (Å²) < 4.78 is 48.8. The third-order valence-corrected chi connectivity index (χ3v) is 7.71. The van der Waals surface area contributed by atoms with Crippen LogP contribution in [0.3, 0.4) is 0 Å². The lowest BCUT2D eigenvalue weighted by atomic mass is 10.2. The van der Waals surface area contributed by atoms with Gasteiger partial charge in [0.15, 0.2) is 19.7 Å². The number of carbonyl (C=O) groups excluding carboxylic acids is 1. The molecule has 0 atom stereocenters. The Labute approximate surface area is 180 Å². The van der Waals surface area contributed by atoms with E-state index in [1.807, 2.05) is 30.3 Å². The average Bonchev–Trinajstić information content (AvgIpc) is 2.73. The lowest BCUT2D eigenvalue weighted by Gasteiger charge is -2.36. The molecule has 1 aliphatic rings. The summed E-state index contributed by atoms with van der Waals surface area (Å²) in [6.45, 7) is 1.69. The van der Waals surface area contributed by atoms with E-state index in [1.54, 1.807) is 0 Å². The summed E-state index contributed by atoms with van der Waals surface area (Å²) in [7, 11) is -8.12. The number of benzene rings is 2. The summed E-state index contributed by atoms with van der Waals surface area (Å²) in [6, 6.07) is 12.1. The second-order valence-corrected chi connectivity index (χ2v) is 11.1. The number of amides is 1. The Kier molecular flexibility index (Phi) is 6.32. The van der Waals surface area contributed by atoms with Crippen molar-refractivity contribution in [1.29, 1.82) is 0 Å². The number of rotatable bonds is 6. The first-order valence-electron chi connectivity index (χ1n) is 9.28. The molecule has 12 heteroatoms. The number of anilines is 1. The third-order valence-electron chi connectivity index (χ3n) is 4.96. The van der Waals surface area contributed by atoms with Crippen LogP contribution in [0.2, 0.25) is 0 Å². The molecule has 3 rings (SSSR count). The highest BCUT2D eigenvalue weighted by atomic mass is 32.2. The lowest BCUT2D eigenvalue weighted by molar-refractivity contribution is -0.388. The van der Waals surface area contributed by atoms with E-state index in [-0.39, 0.29) is 4.90 Å². The predicted molar refractivity (Wildman–Crippen MR) is 113 cm³/mol. The lowest BCUT2D eigenvalue weighted by Crippen LogP contribution is -2.50. The Morgan fingerprint density at radius 3 is 2.16 bits per heavy atom. The van der Waals surface area contributed by atoms with Crippen LogP contribution in [-0.2, 0) is 24.5 Å². The van der Waals surface area contributed by atoms with Gasteiger partial charge in [-0.15, -0.1) is 0 Å². The highest BCUT2D eigenvalue weighted by molar-refractivity contribution is 7.92. The van der Waals surface area contributed by atoms with Gasteiger partial charge >= 0.3 is 0 Å². The molecule has 2 aromatic carbocycles. The quantitative estimate of drug-likeness (QED) is 0.456. The number of nitro groups is 1. The minimum absolute atomic E-state index is 0.318. The molecule has 0 unspecified atom stereocenters. The zero-order valence-electron chi connectivity index (χ0n) is 16.7. The molecule has 0 aromatic heterocycles. The summed E-state index contributed by atoms with van der Waals surface area (Å²) in [5.74, 6) is -1.59. The number of sulfone groups is 2. The molecule has 31 heavy (non-hydrogen) atoms. The highest BCUT2D eigenvalue weighted by Gasteiger charge is 2.32. The van der Waals surface area contributed by atoms with Crippen molar-refractivity contribution in [3.8, 4) is 0 Å². The van der Waals surface area contributed by atoms with E-state index in [9.17, 15) is 31.7 Å². The zero-order chi connectivity index (χ0) is 22.8. The number of para-hydroxylation sites is 1. The number of hydrogen-bond donors (Lipinski definition) is 0. The van der Waals surface area contributed by atoms with Gasteiger partial charge in [0, 0.05) is 44.2 Å². The van der Waals surface area contributed by atoms with Gasteiger partial charge in [0.25, 0.3) is 5.69 Å². The number of nitrogens with zero attached hydrogens (tertiary/aromatic N) is 3. The highest BCUT2D eigenvalue weighted by Crippen LogP contribution is 2.28. The molecule has 10 nitrogen and oxygen atoms in total. The van der Waals surface area contributed by atoms with Crippen LogP contribution in [0.25, 0.3) is 0 Å². The van der Waals surface area contributed by atoms with E-state index in [0.29, 0.717) is 32.2 Å². The van der Waals surface area contributed by atoms with Crippen molar-refractivity contribution in [2.45, 2.75) is 9.79 Å². The van der Waals surface area contributed by atoms with E-state index >= 15 is 0 Å². The molecular formula is C19H21N3O7S2. The fraction of sp³-hybridized carbons (Fsp3) is 0.316. The van der Waals surface area contributed by atoms with Gasteiger partial charge in [0.05, 0.1) is 9.82 Å². The molecule has 0 spiro atoms. The summed E-state index contributed by atoms with van der Waals surface area (Å²) >= 11 is 0. The average molecular weight is 468 g/mol. The van der Waals surface area contributed by atoms with Gasteiger partial charge in [-0.05, 0) is 24.3 Å². The standard InChI is InChI=1S/C19H21N3O7S2/c1-30(26,27)16-7-8-18(17(13-16)22(24)25)31(28,29)14-19(23)21-11-9-20(10-12-21)15-5-3-2-4-6-15/h2-8,13H,9-12,14H2,1H3. The topological polar surface area (TPSA) is 135 Å². The molecule has 0 saturated carbocycles. The van der Waals surface area contributed by atoms with Gasteiger partial charge < -0.3 is 9.80 Å². The monoisotopic (exact) mass is 467 g/mol. The molecule has 0 aliphatic carbocycles. The Balaban J connectivity index is 1.75. The summed E-state index contributed by atoms with van der Waals surface area (Å²) in [4.78, 5) is 25.4. The van der Waals surface area contributed by atoms with Gasteiger partial charge in [-0.2, -0.15) is 0 Å². The maximum Gasteiger partial charge on any atom is 0.289 e. The van der Waals surface area contributed by atoms with Crippen molar-refractivity contribution in [1.82, 2.24) is 4.90 Å². The number of carbonyl (C=O) groups is 1. The Morgan fingerprint density at radius 2 is 1.61 bits per heavy atom. The fourth-order valence-electron chi connectivity index (χ4n) is 3.32. The van der Waals surface area contributed by atoms with Crippen LogP contribution >= 0.6 is 0 Å². The fourth-order valence-corrected chi connectivity index (χ4v) is 5.35. The smallest absolute Gasteiger partial charge is 0.289 e. The van der Waals surface area contributed by atoms with Crippen LogP contribution in [0.15, 0.2) is 58.3 Å². The van der Waals surface area contributed by atoms with Gasteiger partial charge in [0.1, 0.15) is 10.6 Å². The van der Waals surface area contributed by atoms with Crippen molar-refractivity contribution in [3.63, 3.8) is 0 Å². The maximum atomic E-state index is 12.7. The van der Waals surface area contributed by atoms with Gasteiger partial charge in [-0.3, -0.25) is 14.9 Å². The first kappa shape index (κ1) is 22.7. The Morgan fingerprint density at radius 1 is 1.00 bits per heavy atom.